The van der Waals surface area contributed by atoms with Gasteiger partial charge in [-0.2, -0.15) is 13.9 Å². The molecule has 0 aliphatic carbocycles. The lowest BCUT2D eigenvalue weighted by atomic mass is 9.96. The molecular formula is C68H71F2N17O8. The van der Waals surface area contributed by atoms with Crippen LogP contribution in [0.15, 0.2) is 165 Å². The molecule has 2 atom stereocenters. The third-order valence-corrected chi connectivity index (χ3v) is 14.8. The number of aliphatic hydroxyl groups is 2. The summed E-state index contributed by atoms with van der Waals surface area (Å²) in [6.45, 7) is 5.37. The van der Waals surface area contributed by atoms with Crippen molar-refractivity contribution in [3.63, 3.8) is 0 Å². The summed E-state index contributed by atoms with van der Waals surface area (Å²) in [4.78, 5) is 76.2. The predicted molar refractivity (Wildman–Crippen MR) is 356 cm³/mol. The minimum atomic E-state index is -2.88. The highest BCUT2D eigenvalue weighted by atomic mass is 19.3. The van der Waals surface area contributed by atoms with Crippen molar-refractivity contribution in [2.75, 3.05) is 58.8 Å². The van der Waals surface area contributed by atoms with Crippen molar-refractivity contribution < 1.29 is 47.6 Å². The Balaban J connectivity index is 0.000000168. The van der Waals surface area contributed by atoms with Gasteiger partial charge in [0, 0.05) is 92.5 Å². The Labute approximate surface area is 546 Å². The first-order chi connectivity index (χ1) is 45.9. The summed E-state index contributed by atoms with van der Waals surface area (Å²) < 4.78 is 40.9. The molecule has 1 aliphatic rings. The van der Waals surface area contributed by atoms with Crippen molar-refractivity contribution >= 4 is 69.8 Å². The maximum absolute atomic E-state index is 12.5. The normalized spacial score (nSPS) is 12.5. The van der Waals surface area contributed by atoms with E-state index in [1.54, 1.807) is 118 Å². The van der Waals surface area contributed by atoms with Crippen LogP contribution in [0.3, 0.4) is 0 Å². The Bertz CT molecular complexity index is 4110. The molecule has 7 aromatic heterocycles. The van der Waals surface area contributed by atoms with Gasteiger partial charge in [-0.25, -0.2) is 34.7 Å². The summed E-state index contributed by atoms with van der Waals surface area (Å²) in [5, 5.41) is 40.8. The van der Waals surface area contributed by atoms with Gasteiger partial charge in [0.25, 0.3) is 0 Å². The molecule has 0 spiro atoms. The number of Topliss-reactive ketones (excluding diaryl/α,β-unsaturated/α-hetero) is 1. The zero-order chi connectivity index (χ0) is 67.2. The van der Waals surface area contributed by atoms with Crippen molar-refractivity contribution in [2.24, 2.45) is 13.0 Å². The Hall–Kier alpha value is -11.3. The highest BCUT2D eigenvalue weighted by Gasteiger charge is 2.24. The number of anilines is 9. The predicted octanol–water partition coefficient (Wildman–Crippen LogP) is 11.9. The minimum absolute atomic E-state index is 0.0130. The number of hydrogen-bond acceptors (Lipinski definition) is 21. The number of aromatic nitrogens is 11. The second-order valence-electron chi connectivity index (χ2n) is 21.8. The molecule has 0 radical (unpaired) electrons. The number of rotatable bonds is 22. The molecule has 8 heterocycles. The monoisotopic (exact) mass is 1290 g/mol. The van der Waals surface area contributed by atoms with Crippen molar-refractivity contribution in [3.05, 3.63) is 188 Å². The molecule has 0 saturated carbocycles. The molecule has 1 saturated heterocycles. The summed E-state index contributed by atoms with van der Waals surface area (Å²) in [7, 11) is 3.37. The quantitative estimate of drug-likeness (QED) is 0.0312. The fraction of sp³-hybridized carbons (Fsp3) is 0.250. The van der Waals surface area contributed by atoms with Crippen LogP contribution in [0.25, 0.3) is 33.4 Å². The Kier molecular flexibility index (Phi) is 23.9. The summed E-state index contributed by atoms with van der Waals surface area (Å²) in [6.07, 6.45) is 18.1. The Morgan fingerprint density at radius 1 is 0.600 bits per heavy atom. The largest absolute Gasteiger partial charge is 0.497 e. The molecule has 0 bridgehead atoms. The van der Waals surface area contributed by atoms with E-state index < -0.39 is 24.7 Å². The fourth-order valence-electron chi connectivity index (χ4n) is 9.36. The first-order valence-electron chi connectivity index (χ1n) is 30.1. The van der Waals surface area contributed by atoms with Crippen molar-refractivity contribution in [3.8, 4) is 44.9 Å². The molecule has 11 rings (SSSR count). The van der Waals surface area contributed by atoms with Gasteiger partial charge in [-0.05, 0) is 112 Å². The zero-order valence-corrected chi connectivity index (χ0v) is 52.9. The van der Waals surface area contributed by atoms with E-state index in [4.69, 9.17) is 9.47 Å². The number of carbonyl (C=O) groups is 3. The van der Waals surface area contributed by atoms with Gasteiger partial charge in [0.05, 0.1) is 96.0 Å². The van der Waals surface area contributed by atoms with Gasteiger partial charge in [0.15, 0.2) is 0 Å². The summed E-state index contributed by atoms with van der Waals surface area (Å²) >= 11 is 0. The number of alkyl halides is 2. The van der Waals surface area contributed by atoms with E-state index in [-0.39, 0.29) is 36.4 Å². The second-order valence-corrected chi connectivity index (χ2v) is 21.8. The molecular weight excluding hydrogens is 1220 g/mol. The second kappa shape index (κ2) is 33.3. The molecule has 3 aromatic carbocycles. The summed E-state index contributed by atoms with van der Waals surface area (Å²) in [5.74, 6) is 1.70. The number of aryl methyl sites for hydroxylation is 4. The molecule has 2 unspecified atom stereocenters. The maximum Gasteiger partial charge on any atom is 0.387 e. The number of benzene rings is 3. The molecule has 25 nitrogen and oxygen atoms in total. The zero-order valence-electron chi connectivity index (χ0n) is 52.9. The van der Waals surface area contributed by atoms with Crippen LogP contribution in [0.2, 0.25) is 0 Å². The van der Waals surface area contributed by atoms with Crippen LogP contribution in [-0.4, -0.2) is 122 Å². The number of hydrogen-bond donors (Lipinski definition) is 8. The first kappa shape index (κ1) is 68.1. The van der Waals surface area contributed by atoms with Crippen LogP contribution < -0.4 is 41.4 Å². The highest BCUT2D eigenvalue weighted by molar-refractivity contribution is 6.00. The van der Waals surface area contributed by atoms with Crippen molar-refractivity contribution in [1.29, 1.82) is 0 Å². The van der Waals surface area contributed by atoms with E-state index in [0.717, 1.165) is 52.1 Å². The van der Waals surface area contributed by atoms with Gasteiger partial charge in [0.1, 0.15) is 23.1 Å². The van der Waals surface area contributed by atoms with Crippen molar-refractivity contribution in [2.45, 2.75) is 72.0 Å². The first-order valence-corrected chi connectivity index (χ1v) is 30.1. The van der Waals surface area contributed by atoms with Crippen LogP contribution in [0.4, 0.5) is 65.7 Å². The van der Waals surface area contributed by atoms with Gasteiger partial charge in [0.2, 0.25) is 23.8 Å². The molecule has 10 aromatic rings. The lowest BCUT2D eigenvalue weighted by molar-refractivity contribution is -0.123. The highest BCUT2D eigenvalue weighted by Crippen LogP contribution is 2.29. The van der Waals surface area contributed by atoms with Gasteiger partial charge in [-0.1, -0.05) is 54.1 Å². The molecule has 95 heavy (non-hydrogen) atoms. The van der Waals surface area contributed by atoms with Gasteiger partial charge in [-0.3, -0.25) is 34.5 Å². The smallest absolute Gasteiger partial charge is 0.387 e. The van der Waals surface area contributed by atoms with E-state index in [1.165, 1.54) is 23.9 Å². The van der Waals surface area contributed by atoms with E-state index in [0.29, 0.717) is 88.7 Å². The lowest BCUT2D eigenvalue weighted by Crippen LogP contribution is -2.28. The van der Waals surface area contributed by atoms with Crippen LogP contribution in [0.1, 0.15) is 61.2 Å². The van der Waals surface area contributed by atoms with Crippen LogP contribution >= 0.6 is 0 Å². The average molecular weight is 1290 g/mol. The fourth-order valence-corrected chi connectivity index (χ4v) is 9.36. The number of carbonyl (C=O) groups excluding carboxylic acids is 3. The van der Waals surface area contributed by atoms with Crippen molar-refractivity contribution in [1.82, 2.24) is 54.6 Å². The van der Waals surface area contributed by atoms with Gasteiger partial charge < -0.3 is 51.0 Å². The molecule has 27 heteroatoms. The maximum atomic E-state index is 12.5. The minimum Gasteiger partial charge on any atom is -0.497 e. The molecule has 490 valence electrons. The van der Waals surface area contributed by atoms with Crippen LogP contribution in [0, 0.1) is 26.7 Å². The third kappa shape index (κ3) is 20.1. The number of halogens is 2. The third-order valence-electron chi connectivity index (χ3n) is 14.8. The van der Waals surface area contributed by atoms with E-state index in [1.807, 2.05) is 44.2 Å². The molecule has 3 amide bonds. The van der Waals surface area contributed by atoms with Crippen LogP contribution in [0.5, 0.6) is 11.5 Å². The molecule has 1 fully saturated rings. The topological polar surface area (TPSA) is 325 Å². The number of methoxy groups -OCH3 is 1. The standard InChI is InChI=1S/C23H24F2N4O4.C23H25N5O2.C22H22N8O2/c1-14(31)2-9-21(32)19(13-30)20-8-5-17(12-26-20)29-23-27-10-16(11-28-23)15-3-6-18(7-4-15)33-22(24)25;1-15-3-5-17(6-4-15)19-12-25-23(26-13-19)27-20-11-21(16(2)24-14-20)28-22(29)18-7-9-30-10-8-18;1-14-19(28-22(31)29-20-8-9-26-30(20)2)10-17(13-23-14)27-21-24-11-16(12-25-21)15-4-6-18(32-3)7-5-15/h3-8,10-12,14,19,22,30-31H,2,9,13H2,1H3,(H,27,28,29);3-6,11-14,18H,7-10H2,1-2H3,(H,28,29)(H,25,26,27);4-13H,1-3H3,(H,24,25,27)(H2,28,29,31). The summed E-state index contributed by atoms with van der Waals surface area (Å²) in [6, 6.07) is 30.3. The number of nitrogens with one attached hydrogen (secondary N) is 6. The SMILES string of the molecule is CC(O)CCC(=O)C(CO)c1ccc(Nc2ncc(-c3ccc(OC(F)F)cc3)cn2)cn1.COc1ccc(-c2cnc(Nc3cnc(C)c(NC(=O)Nc4ccnn4C)c3)nc2)cc1.Cc1ccc(-c2cnc(Nc3cnc(C)c(NC(=O)C4CCOCC4)c3)nc2)cc1. The number of nitrogens with zero attached hydrogens (tertiary/aromatic N) is 11. The number of aliphatic hydroxyl groups excluding tert-OH is 2. The van der Waals surface area contributed by atoms with Gasteiger partial charge in [-0.15, -0.1) is 0 Å². The number of urea groups is 1. The lowest BCUT2D eigenvalue weighted by Gasteiger charge is -2.21. The Morgan fingerprint density at radius 2 is 1.08 bits per heavy atom. The number of amides is 3. The van der Waals surface area contributed by atoms with E-state index in [9.17, 15) is 33.4 Å². The number of pyridine rings is 3. The number of ketones is 1. The molecule has 8 N–H and O–H groups in total. The number of ether oxygens (including phenoxy) is 3. The summed E-state index contributed by atoms with van der Waals surface area (Å²) in [5.41, 5.74) is 11.6. The van der Waals surface area contributed by atoms with Gasteiger partial charge >= 0.3 is 12.6 Å². The Morgan fingerprint density at radius 3 is 1.54 bits per heavy atom. The van der Waals surface area contributed by atoms with E-state index in [2.05, 4.69) is 118 Å². The average Bonchev–Trinajstić information content (AvgIpc) is 1.99. The molecule has 1 aliphatic heterocycles. The van der Waals surface area contributed by atoms with Crippen LogP contribution in [-0.2, 0) is 21.4 Å². The van der Waals surface area contributed by atoms with E-state index >= 15 is 0 Å².